The molecule has 0 atom stereocenters. The van der Waals surface area contributed by atoms with Gasteiger partial charge in [-0.1, -0.05) is 37.4 Å². The molecule has 1 aromatic carbocycles. The minimum Gasteiger partial charge on any atom is -0.459 e. The number of allylic oxidation sites excluding steroid dienone is 2. The van der Waals surface area contributed by atoms with Crippen LogP contribution in [0.2, 0.25) is 0 Å². The van der Waals surface area contributed by atoms with Crippen LogP contribution in [0, 0.1) is 6.92 Å². The number of hydrogen-bond acceptors (Lipinski definition) is 5. The van der Waals surface area contributed by atoms with Gasteiger partial charge in [-0.3, -0.25) is 4.98 Å². The third-order valence-electron chi connectivity index (χ3n) is 5.76. The molecule has 0 saturated carbocycles. The summed E-state index contributed by atoms with van der Waals surface area (Å²) in [5.41, 5.74) is 5.22. The van der Waals surface area contributed by atoms with E-state index in [1.54, 1.807) is 12.3 Å². The zero-order valence-electron chi connectivity index (χ0n) is 19.8. The Morgan fingerprint density at radius 1 is 1.24 bits per heavy atom. The minimum absolute atomic E-state index is 0.0350. The zero-order chi connectivity index (χ0) is 23.8. The van der Waals surface area contributed by atoms with Crippen molar-refractivity contribution in [2.24, 2.45) is 0 Å². The van der Waals surface area contributed by atoms with Crippen LogP contribution in [0.3, 0.4) is 0 Å². The predicted octanol–water partition coefficient (Wildman–Crippen LogP) is 3.44. The predicted molar refractivity (Wildman–Crippen MR) is 136 cm³/mol. The van der Waals surface area contributed by atoms with Crippen molar-refractivity contribution in [3.8, 4) is 0 Å². The Hall–Kier alpha value is -3.44. The summed E-state index contributed by atoms with van der Waals surface area (Å²) in [4.78, 5) is 17.4. The van der Waals surface area contributed by atoms with Crippen LogP contribution in [-0.2, 0) is 9.53 Å². The number of carbonyl (C=O) groups is 1. The van der Waals surface area contributed by atoms with Crippen LogP contribution >= 0.6 is 0 Å². The van der Waals surface area contributed by atoms with Crippen LogP contribution in [0.4, 0.5) is 0 Å². The number of benzene rings is 1. The average Bonchev–Trinajstić information content (AvgIpc) is 2.82. The van der Waals surface area contributed by atoms with E-state index in [-0.39, 0.29) is 12.1 Å². The molecular weight excluding hydrogens is 410 g/mol. The largest absolute Gasteiger partial charge is 0.459 e. The second kappa shape index (κ2) is 11.4. The van der Waals surface area contributed by atoms with Gasteiger partial charge in [-0.05, 0) is 98.8 Å². The average molecular weight is 444 g/mol. The van der Waals surface area contributed by atoms with Gasteiger partial charge in [0.15, 0.2) is 0 Å². The summed E-state index contributed by atoms with van der Waals surface area (Å²) in [5.74, 6) is -0.292. The van der Waals surface area contributed by atoms with Gasteiger partial charge in [0.05, 0.1) is 17.0 Å². The van der Waals surface area contributed by atoms with Gasteiger partial charge in [-0.2, -0.15) is 0 Å². The number of rotatable bonds is 7. The van der Waals surface area contributed by atoms with Gasteiger partial charge in [0.1, 0.15) is 6.10 Å². The highest BCUT2D eigenvalue weighted by atomic mass is 16.5. The fraction of sp³-hybridized carbons (Fsp3) is 0.286. The molecule has 33 heavy (non-hydrogen) atoms. The number of esters is 1. The van der Waals surface area contributed by atoms with E-state index >= 15 is 0 Å². The first-order valence-corrected chi connectivity index (χ1v) is 11.3. The number of aromatic nitrogens is 1. The van der Waals surface area contributed by atoms with Crippen LogP contribution in [-0.4, -0.2) is 30.1 Å². The standard InChI is InChI=1S/C28H33N3O2/c1-6-22(28(32)33-25-13-15-29-16-14-25)17-24-18-23(12-11-19(24)3)21(5)27(30-7-2)26-10-8-9-20(4)31-26/h6-12,17-18,25,29-30H,2-3,13-16H2,1,4-5H3/b22-6+,24-17-,27-21+. The maximum atomic E-state index is 12.8. The van der Waals surface area contributed by atoms with E-state index in [0.29, 0.717) is 5.57 Å². The van der Waals surface area contributed by atoms with Gasteiger partial charge >= 0.3 is 5.97 Å². The maximum Gasteiger partial charge on any atom is 0.338 e. The second-order valence-corrected chi connectivity index (χ2v) is 8.17. The molecular formula is C28H33N3O2. The van der Waals surface area contributed by atoms with Crippen LogP contribution in [0.15, 0.2) is 60.8 Å². The van der Waals surface area contributed by atoms with E-state index < -0.39 is 0 Å². The van der Waals surface area contributed by atoms with Gasteiger partial charge in [-0.25, -0.2) is 4.79 Å². The minimum atomic E-state index is -0.292. The summed E-state index contributed by atoms with van der Waals surface area (Å²) < 4.78 is 5.74. The number of ether oxygens (including phenoxy) is 1. The molecule has 1 fully saturated rings. The van der Waals surface area contributed by atoms with E-state index in [1.165, 1.54) is 0 Å². The molecule has 1 aliphatic heterocycles. The topological polar surface area (TPSA) is 63.2 Å². The molecule has 0 radical (unpaired) electrons. The van der Waals surface area contributed by atoms with Gasteiger partial charge < -0.3 is 15.4 Å². The number of piperidine rings is 1. The number of nitrogens with zero attached hydrogens (tertiary/aromatic N) is 1. The van der Waals surface area contributed by atoms with Gasteiger partial charge in [0, 0.05) is 5.69 Å². The molecule has 2 heterocycles. The van der Waals surface area contributed by atoms with Crippen molar-refractivity contribution in [1.29, 1.82) is 0 Å². The lowest BCUT2D eigenvalue weighted by Gasteiger charge is -2.22. The Morgan fingerprint density at radius 2 is 2.00 bits per heavy atom. The lowest BCUT2D eigenvalue weighted by atomic mass is 10.0. The number of hydrogen-bond donors (Lipinski definition) is 2. The molecule has 172 valence electrons. The van der Waals surface area contributed by atoms with Crippen LogP contribution in [0.25, 0.3) is 23.9 Å². The van der Waals surface area contributed by atoms with Crippen molar-refractivity contribution in [3.63, 3.8) is 0 Å². The summed E-state index contributed by atoms with van der Waals surface area (Å²) in [5, 5.41) is 8.24. The van der Waals surface area contributed by atoms with Crippen molar-refractivity contribution in [3.05, 3.63) is 88.2 Å². The van der Waals surface area contributed by atoms with Gasteiger partial charge in [-0.15, -0.1) is 0 Å². The summed E-state index contributed by atoms with van der Waals surface area (Å²) in [6, 6.07) is 12.0. The van der Waals surface area contributed by atoms with E-state index in [4.69, 9.17) is 4.74 Å². The lowest BCUT2D eigenvalue weighted by Crippen LogP contribution is -2.34. The van der Waals surface area contributed by atoms with Crippen LogP contribution in [0.5, 0.6) is 0 Å². The van der Waals surface area contributed by atoms with Crippen molar-refractivity contribution >= 4 is 29.9 Å². The molecule has 5 heteroatoms. The maximum absolute atomic E-state index is 12.8. The summed E-state index contributed by atoms with van der Waals surface area (Å²) in [6.07, 6.45) is 6.95. The summed E-state index contributed by atoms with van der Waals surface area (Å²) in [6.45, 7) is 15.6. The quantitative estimate of drug-likeness (QED) is 0.507. The highest BCUT2D eigenvalue weighted by Gasteiger charge is 2.19. The first-order valence-electron chi connectivity index (χ1n) is 11.3. The molecule has 1 saturated heterocycles. The van der Waals surface area contributed by atoms with Crippen LogP contribution in [0.1, 0.15) is 43.6 Å². The molecule has 0 aliphatic carbocycles. The summed E-state index contributed by atoms with van der Waals surface area (Å²) >= 11 is 0. The number of nitrogens with one attached hydrogen (secondary N) is 2. The zero-order valence-corrected chi connectivity index (χ0v) is 19.8. The second-order valence-electron chi connectivity index (χ2n) is 8.17. The molecule has 3 rings (SSSR count). The third kappa shape index (κ3) is 6.30. The fourth-order valence-corrected chi connectivity index (χ4v) is 3.83. The molecule has 5 nitrogen and oxygen atoms in total. The first-order chi connectivity index (χ1) is 15.9. The Morgan fingerprint density at radius 3 is 2.67 bits per heavy atom. The van der Waals surface area contributed by atoms with Crippen LogP contribution < -0.4 is 21.1 Å². The molecule has 1 aromatic heterocycles. The van der Waals surface area contributed by atoms with Crippen molar-refractivity contribution < 1.29 is 9.53 Å². The molecule has 0 unspecified atom stereocenters. The first kappa shape index (κ1) is 24.2. The third-order valence-corrected chi connectivity index (χ3v) is 5.76. The number of pyridine rings is 1. The Labute approximate surface area is 196 Å². The smallest absolute Gasteiger partial charge is 0.338 e. The molecule has 0 bridgehead atoms. The lowest BCUT2D eigenvalue weighted by molar-refractivity contribution is -0.144. The SMILES string of the molecule is C=CN/C(=C(\C)c1ccc(=C)/c(=C\C(=C/C)C(=O)OC2CCNCC2)c1)c1cccc(C)n1. The van der Waals surface area contributed by atoms with E-state index in [1.807, 2.05) is 63.2 Å². The highest BCUT2D eigenvalue weighted by molar-refractivity contribution is 5.97. The molecule has 2 aromatic rings. The van der Waals surface area contributed by atoms with E-state index in [2.05, 4.69) is 28.8 Å². The van der Waals surface area contributed by atoms with E-state index in [0.717, 1.165) is 64.6 Å². The summed E-state index contributed by atoms with van der Waals surface area (Å²) in [7, 11) is 0. The number of aryl methyl sites for hydroxylation is 1. The Bertz CT molecular complexity index is 1190. The molecule has 2 N–H and O–H groups in total. The monoisotopic (exact) mass is 443 g/mol. The van der Waals surface area contributed by atoms with E-state index in [9.17, 15) is 4.79 Å². The van der Waals surface area contributed by atoms with Crippen molar-refractivity contribution in [1.82, 2.24) is 15.6 Å². The number of carbonyl (C=O) groups excluding carboxylic acids is 1. The highest BCUT2D eigenvalue weighted by Crippen LogP contribution is 2.22. The molecule has 1 aliphatic rings. The Kier molecular flexibility index (Phi) is 8.39. The fourth-order valence-electron chi connectivity index (χ4n) is 3.83. The molecule has 0 spiro atoms. The van der Waals surface area contributed by atoms with Gasteiger partial charge in [0.25, 0.3) is 0 Å². The normalized spacial score (nSPS) is 16.2. The Balaban J connectivity index is 1.98. The van der Waals surface area contributed by atoms with Crippen molar-refractivity contribution in [2.45, 2.75) is 39.7 Å². The molecule has 0 amide bonds. The van der Waals surface area contributed by atoms with Crippen molar-refractivity contribution in [2.75, 3.05) is 13.1 Å². The van der Waals surface area contributed by atoms with Gasteiger partial charge in [0.2, 0.25) is 0 Å².